The van der Waals surface area contributed by atoms with Crippen LogP contribution in [0.15, 0.2) is 53.4 Å². The molecule has 2 aromatic carbocycles. The molecule has 0 aromatic heterocycles. The van der Waals surface area contributed by atoms with Gasteiger partial charge in [-0.25, -0.2) is 0 Å². The largest absolute Gasteiger partial charge is 0.352 e. The highest BCUT2D eigenvalue weighted by atomic mass is 35.5. The Balaban J connectivity index is 2.06. The number of carbonyl (C=O) groups excluding carboxylic acids is 2. The molecule has 2 amide bonds. The van der Waals surface area contributed by atoms with Gasteiger partial charge in [0, 0.05) is 34.7 Å². The molecule has 0 spiro atoms. The van der Waals surface area contributed by atoms with Crippen molar-refractivity contribution in [3.8, 4) is 0 Å². The van der Waals surface area contributed by atoms with Crippen LogP contribution in [0.3, 0.4) is 0 Å². The fourth-order valence-electron chi connectivity index (χ4n) is 2.93. The number of benzene rings is 2. The van der Waals surface area contributed by atoms with Crippen LogP contribution in [-0.2, 0) is 16.1 Å². The number of nitrogens with one attached hydrogen (secondary N) is 1. The number of rotatable bonds is 9. The van der Waals surface area contributed by atoms with E-state index in [0.29, 0.717) is 23.7 Å². The normalized spacial score (nSPS) is 11.9. The van der Waals surface area contributed by atoms with Crippen molar-refractivity contribution < 1.29 is 9.59 Å². The van der Waals surface area contributed by atoms with Crippen molar-refractivity contribution in [1.82, 2.24) is 10.2 Å². The minimum absolute atomic E-state index is 0.0284. The SMILES string of the molecule is Cc1cccc(CN(C(=O)CCSc2ccc(Cl)cc2)[C@H](C)C(=O)NC(C)C)c1. The van der Waals surface area contributed by atoms with Gasteiger partial charge < -0.3 is 10.2 Å². The Morgan fingerprint density at radius 1 is 1.10 bits per heavy atom. The van der Waals surface area contributed by atoms with E-state index in [-0.39, 0.29) is 17.9 Å². The standard InChI is InChI=1S/C23H29ClN2O2S/c1-16(2)25-23(28)18(4)26(15-19-7-5-6-17(3)14-19)22(27)12-13-29-21-10-8-20(24)9-11-21/h5-11,14,16,18H,12-13,15H2,1-4H3,(H,25,28)/t18-/m1/s1. The fraction of sp³-hybridized carbons (Fsp3) is 0.391. The summed E-state index contributed by atoms with van der Waals surface area (Å²) in [7, 11) is 0. The van der Waals surface area contributed by atoms with Gasteiger partial charge in [0.1, 0.15) is 6.04 Å². The summed E-state index contributed by atoms with van der Waals surface area (Å²) in [5.41, 5.74) is 2.15. The predicted octanol–water partition coefficient (Wildman–Crippen LogP) is 5.07. The van der Waals surface area contributed by atoms with E-state index in [1.54, 1.807) is 23.6 Å². The van der Waals surface area contributed by atoms with Crippen LogP contribution in [0.2, 0.25) is 5.02 Å². The first-order valence-electron chi connectivity index (χ1n) is 9.80. The summed E-state index contributed by atoms with van der Waals surface area (Å²) >= 11 is 7.53. The summed E-state index contributed by atoms with van der Waals surface area (Å²) in [5, 5.41) is 3.61. The van der Waals surface area contributed by atoms with Gasteiger partial charge in [-0.3, -0.25) is 9.59 Å². The number of hydrogen-bond acceptors (Lipinski definition) is 3. The van der Waals surface area contributed by atoms with E-state index < -0.39 is 6.04 Å². The Morgan fingerprint density at radius 3 is 2.41 bits per heavy atom. The number of amides is 2. The molecule has 0 saturated heterocycles. The van der Waals surface area contributed by atoms with Gasteiger partial charge in [-0.15, -0.1) is 11.8 Å². The third-order valence-electron chi connectivity index (χ3n) is 4.43. The third kappa shape index (κ3) is 7.75. The summed E-state index contributed by atoms with van der Waals surface area (Å²) in [6.07, 6.45) is 0.360. The van der Waals surface area contributed by atoms with E-state index >= 15 is 0 Å². The van der Waals surface area contributed by atoms with Crippen molar-refractivity contribution >= 4 is 35.2 Å². The van der Waals surface area contributed by atoms with Crippen LogP contribution in [-0.4, -0.2) is 34.6 Å². The van der Waals surface area contributed by atoms with Gasteiger partial charge in [-0.1, -0.05) is 41.4 Å². The zero-order chi connectivity index (χ0) is 21.4. The van der Waals surface area contributed by atoms with Crippen molar-refractivity contribution in [2.24, 2.45) is 0 Å². The first-order chi connectivity index (χ1) is 13.8. The summed E-state index contributed by atoms with van der Waals surface area (Å²) in [6, 6.07) is 15.1. The Hall–Kier alpha value is -1.98. The topological polar surface area (TPSA) is 49.4 Å². The van der Waals surface area contributed by atoms with Gasteiger partial charge >= 0.3 is 0 Å². The minimum atomic E-state index is -0.536. The van der Waals surface area contributed by atoms with E-state index in [4.69, 9.17) is 11.6 Å². The average molecular weight is 433 g/mol. The van der Waals surface area contributed by atoms with Crippen LogP contribution in [0.1, 0.15) is 38.3 Å². The lowest BCUT2D eigenvalue weighted by Gasteiger charge is -2.29. The summed E-state index contributed by atoms with van der Waals surface area (Å²) in [6.45, 7) is 8.06. The highest BCUT2D eigenvalue weighted by Gasteiger charge is 2.26. The molecular formula is C23H29ClN2O2S. The number of aryl methyl sites for hydroxylation is 1. The Bertz CT molecular complexity index is 824. The Morgan fingerprint density at radius 2 is 1.79 bits per heavy atom. The number of thioether (sulfide) groups is 1. The van der Waals surface area contributed by atoms with Gasteiger partial charge in [0.2, 0.25) is 11.8 Å². The fourth-order valence-corrected chi connectivity index (χ4v) is 3.89. The molecule has 2 aromatic rings. The molecule has 0 fully saturated rings. The van der Waals surface area contributed by atoms with Crippen molar-refractivity contribution in [1.29, 1.82) is 0 Å². The lowest BCUT2D eigenvalue weighted by Crippen LogP contribution is -2.49. The number of halogens is 1. The zero-order valence-electron chi connectivity index (χ0n) is 17.4. The van der Waals surface area contributed by atoms with Crippen LogP contribution < -0.4 is 5.32 Å². The van der Waals surface area contributed by atoms with Gasteiger partial charge in [0.05, 0.1) is 0 Å². The second-order valence-corrected chi connectivity index (χ2v) is 9.01. The molecule has 0 aliphatic heterocycles. The van der Waals surface area contributed by atoms with Crippen LogP contribution in [0.5, 0.6) is 0 Å². The van der Waals surface area contributed by atoms with Crippen molar-refractivity contribution in [2.75, 3.05) is 5.75 Å². The lowest BCUT2D eigenvalue weighted by molar-refractivity contribution is -0.140. The smallest absolute Gasteiger partial charge is 0.242 e. The maximum Gasteiger partial charge on any atom is 0.242 e. The Labute approximate surface area is 183 Å². The Kier molecular flexibility index (Phi) is 9.05. The molecule has 1 N–H and O–H groups in total. The zero-order valence-corrected chi connectivity index (χ0v) is 19.0. The first kappa shape index (κ1) is 23.3. The molecule has 1 atom stereocenters. The minimum Gasteiger partial charge on any atom is -0.352 e. The third-order valence-corrected chi connectivity index (χ3v) is 5.70. The molecule has 0 bridgehead atoms. The van der Waals surface area contributed by atoms with Gasteiger partial charge in [0.15, 0.2) is 0 Å². The highest BCUT2D eigenvalue weighted by Crippen LogP contribution is 2.22. The van der Waals surface area contributed by atoms with Crippen molar-refractivity contribution in [3.63, 3.8) is 0 Å². The molecule has 156 valence electrons. The molecule has 4 nitrogen and oxygen atoms in total. The number of carbonyl (C=O) groups is 2. The van der Waals surface area contributed by atoms with E-state index in [1.165, 1.54) is 0 Å². The molecular weight excluding hydrogens is 404 g/mol. The first-order valence-corrected chi connectivity index (χ1v) is 11.2. The van der Waals surface area contributed by atoms with E-state index in [2.05, 4.69) is 11.4 Å². The van der Waals surface area contributed by atoms with Crippen LogP contribution >= 0.6 is 23.4 Å². The monoisotopic (exact) mass is 432 g/mol. The molecule has 0 saturated carbocycles. The van der Waals surface area contributed by atoms with Gasteiger partial charge in [-0.05, 0) is 57.5 Å². The van der Waals surface area contributed by atoms with Crippen molar-refractivity contribution in [3.05, 3.63) is 64.7 Å². The molecule has 0 aliphatic rings. The van der Waals surface area contributed by atoms with Crippen LogP contribution in [0, 0.1) is 6.92 Å². The predicted molar refractivity (Wildman–Crippen MR) is 121 cm³/mol. The van der Waals surface area contributed by atoms with E-state index in [0.717, 1.165) is 16.0 Å². The second-order valence-electron chi connectivity index (χ2n) is 7.40. The molecule has 0 unspecified atom stereocenters. The summed E-state index contributed by atoms with van der Waals surface area (Å²) < 4.78 is 0. The van der Waals surface area contributed by atoms with Gasteiger partial charge in [-0.2, -0.15) is 0 Å². The maximum atomic E-state index is 13.0. The summed E-state index contributed by atoms with van der Waals surface area (Å²) in [4.78, 5) is 28.3. The second kappa shape index (κ2) is 11.3. The number of nitrogens with zero attached hydrogens (tertiary/aromatic N) is 1. The molecule has 2 rings (SSSR count). The quantitative estimate of drug-likeness (QED) is 0.562. The number of hydrogen-bond donors (Lipinski definition) is 1. The molecule has 0 aliphatic carbocycles. The molecule has 0 radical (unpaired) electrons. The summed E-state index contributed by atoms with van der Waals surface area (Å²) in [5.74, 6) is 0.481. The van der Waals surface area contributed by atoms with Crippen LogP contribution in [0.4, 0.5) is 0 Å². The van der Waals surface area contributed by atoms with Crippen molar-refractivity contribution in [2.45, 2.75) is 57.6 Å². The molecule has 0 heterocycles. The highest BCUT2D eigenvalue weighted by molar-refractivity contribution is 7.99. The van der Waals surface area contributed by atoms with Crippen LogP contribution in [0.25, 0.3) is 0 Å². The molecule has 29 heavy (non-hydrogen) atoms. The van der Waals surface area contributed by atoms with E-state index in [1.807, 2.05) is 63.2 Å². The average Bonchev–Trinajstić information content (AvgIpc) is 2.66. The van der Waals surface area contributed by atoms with Gasteiger partial charge in [0.25, 0.3) is 0 Å². The maximum absolute atomic E-state index is 13.0. The lowest BCUT2D eigenvalue weighted by atomic mass is 10.1. The van der Waals surface area contributed by atoms with E-state index in [9.17, 15) is 9.59 Å². The molecule has 6 heteroatoms.